The molecule has 0 atom stereocenters. The second kappa shape index (κ2) is 8.26. The molecule has 0 unspecified atom stereocenters. The number of amides is 1. The lowest BCUT2D eigenvalue weighted by atomic mass is 10.1. The van der Waals surface area contributed by atoms with Crippen LogP contribution in [0.2, 0.25) is 5.02 Å². The largest absolute Gasteiger partial charge is 0.454 e. The van der Waals surface area contributed by atoms with Gasteiger partial charge in [0, 0.05) is 22.7 Å². The number of halogens is 1. The number of ether oxygens (including phenoxy) is 1. The molecule has 24 heavy (non-hydrogen) atoms. The summed E-state index contributed by atoms with van der Waals surface area (Å²) >= 11 is 5.80. The lowest BCUT2D eigenvalue weighted by molar-refractivity contribution is -0.115. The molecule has 0 radical (unpaired) electrons. The van der Waals surface area contributed by atoms with Crippen LogP contribution in [0, 0.1) is 0 Å². The van der Waals surface area contributed by atoms with Crippen LogP contribution in [0.1, 0.15) is 34.1 Å². The first-order valence-corrected chi connectivity index (χ1v) is 7.73. The van der Waals surface area contributed by atoms with Crippen molar-refractivity contribution in [2.75, 3.05) is 11.9 Å². The van der Waals surface area contributed by atoms with Gasteiger partial charge in [0.1, 0.15) is 0 Å². The molecule has 2 rings (SSSR count). The Balaban J connectivity index is 1.92. The van der Waals surface area contributed by atoms with E-state index in [0.29, 0.717) is 22.7 Å². The smallest absolute Gasteiger partial charge is 0.338 e. The molecule has 2 aromatic carbocycles. The van der Waals surface area contributed by atoms with Gasteiger partial charge in [-0.15, -0.1) is 0 Å². The van der Waals surface area contributed by atoms with Gasteiger partial charge in [0.15, 0.2) is 12.4 Å². The van der Waals surface area contributed by atoms with Crippen LogP contribution in [0.5, 0.6) is 0 Å². The first-order valence-electron chi connectivity index (χ1n) is 7.35. The predicted octanol–water partition coefficient (Wildman–Crippen LogP) is 3.73. The zero-order valence-corrected chi connectivity index (χ0v) is 13.8. The van der Waals surface area contributed by atoms with Crippen LogP contribution < -0.4 is 5.32 Å². The monoisotopic (exact) mass is 345 g/mol. The van der Waals surface area contributed by atoms with Crippen molar-refractivity contribution < 1.29 is 19.1 Å². The molecule has 0 heterocycles. The number of carbonyl (C=O) groups is 3. The lowest BCUT2D eigenvalue weighted by Gasteiger charge is -2.06. The van der Waals surface area contributed by atoms with Gasteiger partial charge in [-0.05, 0) is 42.5 Å². The number of rotatable bonds is 6. The van der Waals surface area contributed by atoms with Gasteiger partial charge in [0.2, 0.25) is 5.91 Å². The summed E-state index contributed by atoms with van der Waals surface area (Å²) in [6.45, 7) is 1.38. The second-order valence-electron chi connectivity index (χ2n) is 4.99. The maximum Gasteiger partial charge on any atom is 0.338 e. The first-order chi connectivity index (χ1) is 11.5. The van der Waals surface area contributed by atoms with Gasteiger partial charge < -0.3 is 10.1 Å². The van der Waals surface area contributed by atoms with E-state index in [9.17, 15) is 14.4 Å². The summed E-state index contributed by atoms with van der Waals surface area (Å²) in [5, 5.41) is 3.10. The van der Waals surface area contributed by atoms with E-state index in [-0.39, 0.29) is 23.9 Å². The Bertz CT molecular complexity index is 756. The minimum Gasteiger partial charge on any atom is -0.454 e. The Labute approximate surface area is 144 Å². The zero-order valence-electron chi connectivity index (χ0n) is 13.0. The van der Waals surface area contributed by atoms with Crippen LogP contribution in [0.4, 0.5) is 5.69 Å². The number of hydrogen-bond acceptors (Lipinski definition) is 4. The normalized spacial score (nSPS) is 10.1. The van der Waals surface area contributed by atoms with Crippen LogP contribution >= 0.6 is 11.6 Å². The van der Waals surface area contributed by atoms with Gasteiger partial charge in [-0.25, -0.2) is 4.79 Å². The van der Waals surface area contributed by atoms with Crippen molar-refractivity contribution in [1.82, 2.24) is 0 Å². The summed E-state index contributed by atoms with van der Waals surface area (Å²) in [5.41, 5.74) is 1.28. The summed E-state index contributed by atoms with van der Waals surface area (Å²) in [7, 11) is 0. The summed E-state index contributed by atoms with van der Waals surface area (Å²) in [6.07, 6.45) is 0.375. The quantitative estimate of drug-likeness (QED) is 0.639. The predicted molar refractivity (Wildman–Crippen MR) is 91.4 cm³/mol. The molecule has 0 aliphatic rings. The first kappa shape index (κ1) is 17.7. The number of benzene rings is 2. The van der Waals surface area contributed by atoms with Crippen molar-refractivity contribution in [2.24, 2.45) is 0 Å². The molecule has 0 aliphatic carbocycles. The van der Waals surface area contributed by atoms with Crippen LogP contribution in [0.3, 0.4) is 0 Å². The Morgan fingerprint density at radius 2 is 1.75 bits per heavy atom. The van der Waals surface area contributed by atoms with Gasteiger partial charge in [-0.3, -0.25) is 9.59 Å². The highest BCUT2D eigenvalue weighted by Crippen LogP contribution is 2.13. The number of nitrogens with one attached hydrogen (secondary N) is 1. The van der Waals surface area contributed by atoms with Gasteiger partial charge >= 0.3 is 5.97 Å². The number of esters is 1. The highest BCUT2D eigenvalue weighted by molar-refractivity contribution is 6.30. The van der Waals surface area contributed by atoms with Crippen molar-refractivity contribution in [3.8, 4) is 0 Å². The third-order valence-corrected chi connectivity index (χ3v) is 3.44. The van der Waals surface area contributed by atoms with Gasteiger partial charge in [-0.1, -0.05) is 24.6 Å². The van der Waals surface area contributed by atoms with Crippen molar-refractivity contribution >= 4 is 34.9 Å². The summed E-state index contributed by atoms with van der Waals surface area (Å²) in [6, 6.07) is 12.7. The van der Waals surface area contributed by atoms with Gasteiger partial charge in [-0.2, -0.15) is 0 Å². The SMILES string of the molecule is CCC(=O)Nc1ccc(C(=O)COC(=O)c2cccc(Cl)c2)cc1. The molecule has 0 saturated heterocycles. The summed E-state index contributed by atoms with van der Waals surface area (Å²) in [4.78, 5) is 35.2. The number of ketones is 1. The minimum absolute atomic E-state index is 0.107. The number of carbonyl (C=O) groups excluding carboxylic acids is 3. The van der Waals surface area contributed by atoms with E-state index in [1.54, 1.807) is 49.4 Å². The molecule has 0 aliphatic heterocycles. The molecule has 0 aromatic heterocycles. The molecule has 1 N–H and O–H groups in total. The third kappa shape index (κ3) is 4.93. The minimum atomic E-state index is -0.613. The standard InChI is InChI=1S/C18H16ClNO4/c1-2-17(22)20-15-8-6-12(7-9-15)16(21)11-24-18(23)13-4-3-5-14(19)10-13/h3-10H,2,11H2,1H3,(H,20,22). The molecular formula is C18H16ClNO4. The number of Topliss-reactive ketones (excluding diaryl/α,β-unsaturated/α-hetero) is 1. The average Bonchev–Trinajstić information content (AvgIpc) is 2.59. The van der Waals surface area contributed by atoms with E-state index in [1.165, 1.54) is 6.07 Å². The Morgan fingerprint density at radius 3 is 2.38 bits per heavy atom. The number of hydrogen-bond donors (Lipinski definition) is 1. The second-order valence-corrected chi connectivity index (χ2v) is 5.43. The molecule has 0 spiro atoms. The van der Waals surface area contributed by atoms with Gasteiger partial charge in [0.25, 0.3) is 0 Å². The molecule has 5 nitrogen and oxygen atoms in total. The highest BCUT2D eigenvalue weighted by Gasteiger charge is 2.12. The van der Waals surface area contributed by atoms with Crippen LogP contribution in [0.15, 0.2) is 48.5 Å². The Hall–Kier alpha value is -2.66. The Kier molecular flexibility index (Phi) is 6.09. The molecule has 6 heteroatoms. The van der Waals surface area contributed by atoms with E-state index in [1.807, 2.05) is 0 Å². The maximum atomic E-state index is 12.0. The fourth-order valence-electron chi connectivity index (χ4n) is 1.90. The fourth-order valence-corrected chi connectivity index (χ4v) is 2.09. The lowest BCUT2D eigenvalue weighted by Crippen LogP contribution is -2.14. The third-order valence-electron chi connectivity index (χ3n) is 3.21. The van der Waals surface area contributed by atoms with E-state index in [2.05, 4.69) is 5.32 Å². The molecule has 124 valence electrons. The van der Waals surface area contributed by atoms with Crippen molar-refractivity contribution in [3.63, 3.8) is 0 Å². The van der Waals surface area contributed by atoms with Crippen molar-refractivity contribution in [3.05, 3.63) is 64.7 Å². The maximum absolute atomic E-state index is 12.0. The van der Waals surface area contributed by atoms with E-state index < -0.39 is 5.97 Å². The molecule has 0 fully saturated rings. The average molecular weight is 346 g/mol. The molecule has 2 aromatic rings. The van der Waals surface area contributed by atoms with Crippen LogP contribution in [-0.2, 0) is 9.53 Å². The topological polar surface area (TPSA) is 72.5 Å². The molecular weight excluding hydrogens is 330 g/mol. The summed E-state index contributed by atoms with van der Waals surface area (Å²) < 4.78 is 4.99. The molecule has 0 bridgehead atoms. The fraction of sp³-hybridized carbons (Fsp3) is 0.167. The molecule has 1 amide bonds. The van der Waals surface area contributed by atoms with Crippen LogP contribution in [0.25, 0.3) is 0 Å². The van der Waals surface area contributed by atoms with E-state index >= 15 is 0 Å². The summed E-state index contributed by atoms with van der Waals surface area (Å²) in [5.74, 6) is -1.05. The number of anilines is 1. The van der Waals surface area contributed by atoms with Crippen LogP contribution in [-0.4, -0.2) is 24.3 Å². The zero-order chi connectivity index (χ0) is 17.5. The van der Waals surface area contributed by atoms with Crippen molar-refractivity contribution in [2.45, 2.75) is 13.3 Å². The highest BCUT2D eigenvalue weighted by atomic mass is 35.5. The molecule has 0 saturated carbocycles. The van der Waals surface area contributed by atoms with E-state index in [0.717, 1.165) is 0 Å². The van der Waals surface area contributed by atoms with Crippen molar-refractivity contribution in [1.29, 1.82) is 0 Å². The Morgan fingerprint density at radius 1 is 1.04 bits per heavy atom. The van der Waals surface area contributed by atoms with E-state index in [4.69, 9.17) is 16.3 Å². The van der Waals surface area contributed by atoms with Gasteiger partial charge in [0.05, 0.1) is 5.56 Å².